The van der Waals surface area contributed by atoms with Crippen molar-refractivity contribution in [1.82, 2.24) is 4.90 Å². The predicted octanol–water partition coefficient (Wildman–Crippen LogP) is 3.74. The molecule has 1 amide bonds. The Morgan fingerprint density at radius 3 is 2.53 bits per heavy atom. The van der Waals surface area contributed by atoms with Gasteiger partial charge in [-0.1, -0.05) is 17.7 Å². The molecule has 0 saturated heterocycles. The lowest BCUT2D eigenvalue weighted by molar-refractivity contribution is 0.0659. The van der Waals surface area contributed by atoms with Crippen molar-refractivity contribution in [3.8, 4) is 0 Å². The molecular weight excluding hydrogens is 257 g/mol. The maximum absolute atomic E-state index is 12.3. The normalized spacial score (nSPS) is 11.4. The van der Waals surface area contributed by atoms with Gasteiger partial charge in [0.15, 0.2) is 0 Å². The minimum Gasteiger partial charge on any atom is -0.335 e. The number of nitrogens with zero attached hydrogens (tertiary/aromatic N) is 1. The first-order valence-corrected chi connectivity index (χ1v) is 6.31. The molecule has 1 rings (SSSR count). The molecule has 0 atom stereocenters. The van der Waals surface area contributed by atoms with Gasteiger partial charge in [0.1, 0.15) is 0 Å². The molecule has 94 valence electrons. The summed E-state index contributed by atoms with van der Waals surface area (Å²) in [4.78, 5) is 14.0. The number of amides is 1. The molecule has 0 fully saturated rings. The van der Waals surface area contributed by atoms with Crippen molar-refractivity contribution >= 4 is 29.1 Å². The van der Waals surface area contributed by atoms with Crippen LogP contribution in [0.15, 0.2) is 18.2 Å². The monoisotopic (exact) mass is 273 g/mol. The Balaban J connectivity index is 3.09. The number of hydrogen-bond donors (Lipinski definition) is 0. The van der Waals surface area contributed by atoms with Crippen molar-refractivity contribution in [3.63, 3.8) is 0 Å². The van der Waals surface area contributed by atoms with Crippen LogP contribution in [0.1, 0.15) is 29.8 Å². The van der Waals surface area contributed by atoms with Gasteiger partial charge in [0.25, 0.3) is 5.91 Å². The predicted molar refractivity (Wildman–Crippen MR) is 73.1 cm³/mol. The molecule has 1 aromatic carbocycles. The summed E-state index contributed by atoms with van der Waals surface area (Å²) >= 11 is 11.9. The van der Waals surface area contributed by atoms with Crippen LogP contribution in [0.3, 0.4) is 0 Å². The summed E-state index contributed by atoms with van der Waals surface area (Å²) < 4.78 is 0. The molecule has 0 saturated carbocycles. The van der Waals surface area contributed by atoms with Gasteiger partial charge in [0, 0.05) is 23.5 Å². The number of rotatable bonds is 3. The van der Waals surface area contributed by atoms with E-state index >= 15 is 0 Å². The topological polar surface area (TPSA) is 20.3 Å². The Morgan fingerprint density at radius 1 is 1.41 bits per heavy atom. The molecule has 17 heavy (non-hydrogen) atoms. The first kappa shape index (κ1) is 14.3. The van der Waals surface area contributed by atoms with E-state index in [4.69, 9.17) is 23.2 Å². The van der Waals surface area contributed by atoms with E-state index in [0.717, 1.165) is 5.56 Å². The van der Waals surface area contributed by atoms with Gasteiger partial charge < -0.3 is 4.90 Å². The smallest absolute Gasteiger partial charge is 0.254 e. The Kier molecular flexibility index (Phi) is 4.45. The zero-order valence-corrected chi connectivity index (χ0v) is 12.1. The van der Waals surface area contributed by atoms with Crippen LogP contribution < -0.4 is 0 Å². The quantitative estimate of drug-likeness (QED) is 0.769. The van der Waals surface area contributed by atoms with Crippen LogP contribution >= 0.6 is 23.2 Å². The second-order valence-corrected chi connectivity index (χ2v) is 5.40. The fourth-order valence-electron chi connectivity index (χ4n) is 1.38. The van der Waals surface area contributed by atoms with Crippen LogP contribution in [0.5, 0.6) is 0 Å². The lowest BCUT2D eigenvalue weighted by atomic mass is 10.0. The third-order valence-electron chi connectivity index (χ3n) is 3.04. The largest absolute Gasteiger partial charge is 0.335 e. The van der Waals surface area contributed by atoms with Gasteiger partial charge >= 0.3 is 0 Å². The van der Waals surface area contributed by atoms with Crippen LogP contribution in [-0.4, -0.2) is 29.3 Å². The minimum absolute atomic E-state index is 0.0596. The Hall–Kier alpha value is -0.730. The third kappa shape index (κ3) is 2.93. The summed E-state index contributed by atoms with van der Waals surface area (Å²) in [5.41, 5.74) is 1.04. The van der Waals surface area contributed by atoms with E-state index in [1.165, 1.54) is 0 Å². The molecular formula is C13H17Cl2NO. The number of hydrogen-bond acceptors (Lipinski definition) is 1. The summed E-state index contributed by atoms with van der Waals surface area (Å²) in [5.74, 6) is 0.324. The van der Waals surface area contributed by atoms with E-state index in [2.05, 4.69) is 0 Å². The van der Waals surface area contributed by atoms with Crippen molar-refractivity contribution in [2.24, 2.45) is 0 Å². The highest BCUT2D eigenvalue weighted by Crippen LogP contribution is 2.23. The molecule has 1 aromatic rings. The van der Waals surface area contributed by atoms with E-state index < -0.39 is 0 Å². The summed E-state index contributed by atoms with van der Waals surface area (Å²) in [6.07, 6.45) is 0. The second kappa shape index (κ2) is 5.28. The number of carbonyl (C=O) groups is 1. The van der Waals surface area contributed by atoms with Gasteiger partial charge in [-0.25, -0.2) is 0 Å². The van der Waals surface area contributed by atoms with Gasteiger partial charge in [-0.2, -0.15) is 0 Å². The first-order chi connectivity index (χ1) is 7.81. The molecule has 2 nitrogen and oxygen atoms in total. The van der Waals surface area contributed by atoms with Crippen molar-refractivity contribution in [2.75, 3.05) is 12.9 Å². The molecule has 0 aromatic heterocycles. The molecule has 0 N–H and O–H groups in total. The maximum atomic E-state index is 12.3. The van der Waals surface area contributed by atoms with Crippen molar-refractivity contribution in [1.29, 1.82) is 0 Å². The number of alkyl halides is 1. The summed E-state index contributed by atoms with van der Waals surface area (Å²) in [6.45, 7) is 5.70. The molecule has 0 heterocycles. The third-order valence-corrected chi connectivity index (χ3v) is 4.10. The van der Waals surface area contributed by atoms with Crippen molar-refractivity contribution in [3.05, 3.63) is 34.3 Å². The molecule has 0 spiro atoms. The van der Waals surface area contributed by atoms with E-state index in [1.54, 1.807) is 30.1 Å². The number of halogens is 2. The second-order valence-electron chi connectivity index (χ2n) is 4.72. The van der Waals surface area contributed by atoms with Crippen LogP contribution in [0.4, 0.5) is 0 Å². The highest BCUT2D eigenvalue weighted by molar-refractivity contribution is 6.31. The highest BCUT2D eigenvalue weighted by Gasteiger charge is 2.28. The van der Waals surface area contributed by atoms with E-state index in [9.17, 15) is 4.79 Å². The molecule has 4 heteroatoms. The van der Waals surface area contributed by atoms with Crippen molar-refractivity contribution in [2.45, 2.75) is 26.3 Å². The lowest BCUT2D eigenvalue weighted by Gasteiger charge is -2.34. The molecule has 0 aliphatic carbocycles. The molecule has 0 aliphatic rings. The highest BCUT2D eigenvalue weighted by atomic mass is 35.5. The first-order valence-electron chi connectivity index (χ1n) is 5.40. The average Bonchev–Trinajstić information content (AvgIpc) is 2.30. The summed E-state index contributed by atoms with van der Waals surface area (Å²) in [7, 11) is 1.76. The van der Waals surface area contributed by atoms with Crippen LogP contribution in [0.2, 0.25) is 5.02 Å². The van der Waals surface area contributed by atoms with Gasteiger partial charge in [0.05, 0.1) is 5.54 Å². The van der Waals surface area contributed by atoms with Gasteiger partial charge in [-0.15, -0.1) is 11.6 Å². The molecule has 0 bridgehead atoms. The molecule has 0 radical (unpaired) electrons. The zero-order chi connectivity index (χ0) is 13.2. The molecule has 0 aliphatic heterocycles. The standard InChI is InChI=1S/C13H17Cl2NO/c1-9-10(6-5-7-11(9)15)12(17)16(4)13(2,3)8-14/h5-7H,8H2,1-4H3. The summed E-state index contributed by atoms with van der Waals surface area (Å²) in [6, 6.07) is 5.34. The average molecular weight is 274 g/mol. The Labute approximate surface area is 113 Å². The fraction of sp³-hybridized carbons (Fsp3) is 0.462. The summed E-state index contributed by atoms with van der Waals surface area (Å²) in [5, 5.41) is 0.605. The Morgan fingerprint density at radius 2 is 2.00 bits per heavy atom. The van der Waals surface area contributed by atoms with E-state index in [-0.39, 0.29) is 11.4 Å². The van der Waals surface area contributed by atoms with Crippen LogP contribution in [0, 0.1) is 6.92 Å². The fourth-order valence-corrected chi connectivity index (χ4v) is 1.74. The minimum atomic E-state index is -0.382. The van der Waals surface area contributed by atoms with E-state index in [0.29, 0.717) is 16.5 Å². The number of benzene rings is 1. The van der Waals surface area contributed by atoms with E-state index in [1.807, 2.05) is 20.8 Å². The van der Waals surface area contributed by atoms with Gasteiger partial charge in [-0.05, 0) is 38.5 Å². The van der Waals surface area contributed by atoms with Crippen molar-refractivity contribution < 1.29 is 4.79 Å². The number of carbonyl (C=O) groups excluding carboxylic acids is 1. The SMILES string of the molecule is Cc1c(Cl)cccc1C(=O)N(C)C(C)(C)CCl. The maximum Gasteiger partial charge on any atom is 0.254 e. The van der Waals surface area contributed by atoms with Crippen LogP contribution in [-0.2, 0) is 0 Å². The molecule has 0 unspecified atom stereocenters. The lowest BCUT2D eigenvalue weighted by Crippen LogP contribution is -2.46. The Bertz CT molecular complexity index is 429. The zero-order valence-electron chi connectivity index (χ0n) is 10.6. The van der Waals surface area contributed by atoms with Crippen LogP contribution in [0.25, 0.3) is 0 Å². The van der Waals surface area contributed by atoms with Gasteiger partial charge in [-0.3, -0.25) is 4.79 Å². The van der Waals surface area contributed by atoms with Gasteiger partial charge in [0.2, 0.25) is 0 Å².